The van der Waals surface area contributed by atoms with Crippen LogP contribution in [0.3, 0.4) is 0 Å². The molecule has 0 aliphatic heterocycles. The van der Waals surface area contributed by atoms with Crippen molar-refractivity contribution in [2.75, 3.05) is 19.7 Å². The predicted molar refractivity (Wildman–Crippen MR) is 126 cm³/mol. The lowest BCUT2D eigenvalue weighted by Crippen LogP contribution is -2.38. The molecule has 1 aromatic carbocycles. The molecule has 0 fully saturated rings. The number of carbonyl (C=O) groups is 1. The molecule has 172 valence electrons. The molecule has 3 aromatic heterocycles. The van der Waals surface area contributed by atoms with Crippen molar-refractivity contribution in [1.29, 1.82) is 0 Å². The number of benzene rings is 1. The first-order valence-electron chi connectivity index (χ1n) is 11.2. The molecule has 8 nitrogen and oxygen atoms in total. The Kier molecular flexibility index (Phi) is 7.04. The molecule has 0 saturated carbocycles. The average molecular weight is 448 g/mol. The highest BCUT2D eigenvalue weighted by Crippen LogP contribution is 2.23. The number of ether oxygens (including phenoxy) is 1. The lowest BCUT2D eigenvalue weighted by molar-refractivity contribution is 0.0944. The van der Waals surface area contributed by atoms with Crippen molar-refractivity contribution < 1.29 is 13.9 Å². The van der Waals surface area contributed by atoms with Gasteiger partial charge in [0.25, 0.3) is 5.91 Å². The van der Waals surface area contributed by atoms with Gasteiger partial charge in [-0.15, -0.1) is 0 Å². The molecule has 4 aromatic rings. The van der Waals surface area contributed by atoms with E-state index >= 15 is 0 Å². The third-order valence-corrected chi connectivity index (χ3v) is 5.46. The Morgan fingerprint density at radius 1 is 1.21 bits per heavy atom. The van der Waals surface area contributed by atoms with Gasteiger partial charge in [0, 0.05) is 30.9 Å². The van der Waals surface area contributed by atoms with Crippen molar-refractivity contribution >= 4 is 11.6 Å². The Bertz CT molecular complexity index is 1180. The summed E-state index contributed by atoms with van der Waals surface area (Å²) in [6.07, 6.45) is 4.94. The van der Waals surface area contributed by atoms with Crippen LogP contribution in [0.5, 0.6) is 5.75 Å². The van der Waals surface area contributed by atoms with Gasteiger partial charge in [0.15, 0.2) is 5.65 Å². The van der Waals surface area contributed by atoms with Crippen molar-refractivity contribution in [3.05, 3.63) is 72.4 Å². The van der Waals surface area contributed by atoms with Crippen LogP contribution in [-0.4, -0.2) is 51.1 Å². The molecular weight excluding hydrogens is 418 g/mol. The van der Waals surface area contributed by atoms with Crippen molar-refractivity contribution in [2.45, 2.75) is 33.4 Å². The van der Waals surface area contributed by atoms with Crippen molar-refractivity contribution in [1.82, 2.24) is 24.8 Å². The molecule has 1 N–H and O–H groups in total. The number of nitrogens with one attached hydrogen (secondary N) is 1. The topological polar surface area (TPSA) is 84.9 Å². The highest BCUT2D eigenvalue weighted by molar-refractivity contribution is 5.99. The van der Waals surface area contributed by atoms with Gasteiger partial charge in [-0.1, -0.05) is 0 Å². The maximum atomic E-state index is 12.9. The van der Waals surface area contributed by atoms with E-state index < -0.39 is 0 Å². The first-order valence-corrected chi connectivity index (χ1v) is 11.2. The fourth-order valence-corrected chi connectivity index (χ4v) is 3.69. The second-order valence-electron chi connectivity index (χ2n) is 7.98. The molecule has 0 spiro atoms. The largest absolute Gasteiger partial charge is 0.494 e. The van der Waals surface area contributed by atoms with Crippen LogP contribution in [0, 0.1) is 0 Å². The number of rotatable bonds is 10. The number of hydrogen-bond donors (Lipinski definition) is 1. The molecule has 0 saturated heterocycles. The van der Waals surface area contributed by atoms with Crippen LogP contribution >= 0.6 is 0 Å². The maximum Gasteiger partial charge on any atom is 0.256 e. The molecule has 0 aliphatic rings. The molecule has 0 atom stereocenters. The van der Waals surface area contributed by atoms with Gasteiger partial charge in [0.05, 0.1) is 31.3 Å². The third-order valence-electron chi connectivity index (χ3n) is 5.46. The summed E-state index contributed by atoms with van der Waals surface area (Å²) in [5.74, 6) is 1.53. The molecule has 0 bridgehead atoms. The summed E-state index contributed by atoms with van der Waals surface area (Å²) < 4.78 is 12.7. The standard InChI is InChI=1S/C25H29N5O3/c1-4-32-20-9-7-19(8-10-20)23-11-12-26-24-22(16-28-30(23)24)25(31)27-13-14-29(18(2)3)17-21-6-5-15-33-21/h5-12,15-16,18H,4,13-14,17H2,1-3H3,(H,27,31). The second kappa shape index (κ2) is 10.3. The first-order chi connectivity index (χ1) is 16.1. The monoisotopic (exact) mass is 447 g/mol. The molecule has 8 heteroatoms. The molecule has 0 aliphatic carbocycles. The Morgan fingerprint density at radius 2 is 2.03 bits per heavy atom. The zero-order valence-electron chi connectivity index (χ0n) is 19.2. The van der Waals surface area contributed by atoms with E-state index in [0.29, 0.717) is 43.5 Å². The van der Waals surface area contributed by atoms with Gasteiger partial charge in [-0.3, -0.25) is 9.69 Å². The predicted octanol–water partition coefficient (Wildman–Crippen LogP) is 4.03. The zero-order valence-corrected chi connectivity index (χ0v) is 19.2. The molecule has 0 radical (unpaired) electrons. The lowest BCUT2D eigenvalue weighted by Gasteiger charge is -2.25. The number of furan rings is 1. The van der Waals surface area contributed by atoms with Gasteiger partial charge in [0.1, 0.15) is 17.1 Å². The summed E-state index contributed by atoms with van der Waals surface area (Å²) in [5.41, 5.74) is 2.79. The molecule has 0 unspecified atom stereocenters. The molecule has 3 heterocycles. The van der Waals surface area contributed by atoms with Crippen LogP contribution in [0.15, 0.2) is 65.5 Å². The highest BCUT2D eigenvalue weighted by Gasteiger charge is 2.17. The van der Waals surface area contributed by atoms with E-state index in [-0.39, 0.29) is 5.91 Å². The number of nitrogens with zero attached hydrogens (tertiary/aromatic N) is 4. The van der Waals surface area contributed by atoms with E-state index in [1.165, 1.54) is 0 Å². The normalized spacial score (nSPS) is 11.4. The smallest absolute Gasteiger partial charge is 0.256 e. The quantitative estimate of drug-likeness (QED) is 0.395. The highest BCUT2D eigenvalue weighted by atomic mass is 16.5. The van der Waals surface area contributed by atoms with E-state index in [1.54, 1.807) is 23.2 Å². The minimum atomic E-state index is -0.192. The van der Waals surface area contributed by atoms with Gasteiger partial charge in [-0.2, -0.15) is 5.10 Å². The zero-order chi connectivity index (χ0) is 23.2. The molecular formula is C25H29N5O3. The van der Waals surface area contributed by atoms with Crippen LogP contribution in [0.25, 0.3) is 16.9 Å². The minimum absolute atomic E-state index is 0.192. The molecule has 1 amide bonds. The fraction of sp³-hybridized carbons (Fsp3) is 0.320. The van der Waals surface area contributed by atoms with Crippen molar-refractivity contribution in [3.8, 4) is 17.0 Å². The van der Waals surface area contributed by atoms with Crippen LogP contribution in [0.2, 0.25) is 0 Å². The van der Waals surface area contributed by atoms with Gasteiger partial charge in [0.2, 0.25) is 0 Å². The van der Waals surface area contributed by atoms with Crippen molar-refractivity contribution in [2.24, 2.45) is 0 Å². The van der Waals surface area contributed by atoms with Crippen LogP contribution in [0.1, 0.15) is 36.9 Å². The SMILES string of the molecule is CCOc1ccc(-c2ccnc3c(C(=O)NCCN(Cc4ccco4)C(C)C)cnn23)cc1. The third kappa shape index (κ3) is 5.23. The number of carbonyl (C=O) groups excluding carboxylic acids is 1. The number of amides is 1. The van der Waals surface area contributed by atoms with Crippen LogP contribution in [0.4, 0.5) is 0 Å². The van der Waals surface area contributed by atoms with E-state index in [0.717, 1.165) is 22.8 Å². The van der Waals surface area contributed by atoms with Gasteiger partial charge in [-0.05, 0) is 63.2 Å². The van der Waals surface area contributed by atoms with Crippen LogP contribution < -0.4 is 10.1 Å². The van der Waals surface area contributed by atoms with E-state index in [4.69, 9.17) is 9.15 Å². The van der Waals surface area contributed by atoms with E-state index in [9.17, 15) is 4.79 Å². The number of fused-ring (bicyclic) bond motifs is 1. The Hall–Kier alpha value is -3.65. The van der Waals surface area contributed by atoms with Gasteiger partial charge < -0.3 is 14.5 Å². The summed E-state index contributed by atoms with van der Waals surface area (Å²) in [4.78, 5) is 19.6. The van der Waals surface area contributed by atoms with Gasteiger partial charge in [-0.25, -0.2) is 9.50 Å². The maximum absolute atomic E-state index is 12.9. The molecule has 4 rings (SSSR count). The number of hydrogen-bond acceptors (Lipinski definition) is 6. The fourth-order valence-electron chi connectivity index (χ4n) is 3.69. The summed E-state index contributed by atoms with van der Waals surface area (Å²) >= 11 is 0. The second-order valence-corrected chi connectivity index (χ2v) is 7.98. The Balaban J connectivity index is 1.45. The summed E-state index contributed by atoms with van der Waals surface area (Å²) in [6, 6.07) is 13.8. The summed E-state index contributed by atoms with van der Waals surface area (Å²) in [7, 11) is 0. The summed E-state index contributed by atoms with van der Waals surface area (Å²) in [6.45, 7) is 8.74. The summed E-state index contributed by atoms with van der Waals surface area (Å²) in [5, 5.41) is 7.44. The number of aromatic nitrogens is 3. The average Bonchev–Trinajstić information content (AvgIpc) is 3.49. The van der Waals surface area contributed by atoms with E-state index in [1.807, 2.05) is 49.4 Å². The van der Waals surface area contributed by atoms with Gasteiger partial charge >= 0.3 is 0 Å². The molecule has 33 heavy (non-hydrogen) atoms. The Morgan fingerprint density at radius 3 is 2.73 bits per heavy atom. The minimum Gasteiger partial charge on any atom is -0.494 e. The van der Waals surface area contributed by atoms with E-state index in [2.05, 4.69) is 34.1 Å². The first kappa shape index (κ1) is 22.5. The van der Waals surface area contributed by atoms with Crippen LogP contribution in [-0.2, 0) is 6.54 Å². The Labute approximate surface area is 193 Å². The van der Waals surface area contributed by atoms with Crippen molar-refractivity contribution in [3.63, 3.8) is 0 Å². The lowest BCUT2D eigenvalue weighted by atomic mass is 10.1.